The molecule has 1 atom stereocenters. The first-order valence-electron chi connectivity index (χ1n) is 6.68. The molecule has 0 radical (unpaired) electrons. The van der Waals surface area contributed by atoms with Gasteiger partial charge in [0.25, 0.3) is 0 Å². The Hall–Kier alpha value is -1.80. The Labute approximate surface area is 123 Å². The van der Waals surface area contributed by atoms with Crippen LogP contribution in [0, 0.1) is 13.8 Å². The fourth-order valence-electron chi connectivity index (χ4n) is 2.76. The Bertz CT molecular complexity index is 673. The Balaban J connectivity index is 1.97. The highest BCUT2D eigenvalue weighted by atomic mass is 35.5. The molecule has 2 aromatic carbocycles. The van der Waals surface area contributed by atoms with Crippen LogP contribution in [0.15, 0.2) is 36.4 Å². The third-order valence-corrected chi connectivity index (χ3v) is 4.09. The first kappa shape index (κ1) is 13.2. The van der Waals surface area contributed by atoms with E-state index in [1.54, 1.807) is 0 Å². The monoisotopic (exact) mass is 285 g/mol. The lowest BCUT2D eigenvalue weighted by Gasteiger charge is -2.13. The summed E-state index contributed by atoms with van der Waals surface area (Å²) in [5.41, 5.74) is 6.49. The van der Waals surface area contributed by atoms with Gasteiger partial charge in [0.15, 0.2) is 0 Å². The van der Waals surface area contributed by atoms with E-state index in [4.69, 9.17) is 11.6 Å². The number of anilines is 1. The molecule has 2 nitrogen and oxygen atoms in total. The molecule has 102 valence electrons. The lowest BCUT2D eigenvalue weighted by atomic mass is 9.98. The summed E-state index contributed by atoms with van der Waals surface area (Å²) in [6.45, 7) is 4.15. The summed E-state index contributed by atoms with van der Waals surface area (Å²) in [5, 5.41) is 2.65. The van der Waals surface area contributed by atoms with Crippen LogP contribution in [-0.2, 0) is 11.2 Å². The van der Waals surface area contributed by atoms with Crippen molar-refractivity contribution in [2.75, 3.05) is 5.32 Å². The molecule has 0 aromatic heterocycles. The second-order valence-electron chi connectivity index (χ2n) is 5.43. The molecule has 3 rings (SSSR count). The number of halogens is 1. The van der Waals surface area contributed by atoms with Crippen molar-refractivity contribution in [3.8, 4) is 0 Å². The average Bonchev–Trinajstić information content (AvgIpc) is 2.75. The normalized spacial score (nSPS) is 14.8. The van der Waals surface area contributed by atoms with E-state index in [2.05, 4.69) is 37.4 Å². The number of carbonyl (C=O) groups excluding carboxylic acids is 1. The number of nitrogens with one attached hydrogen (secondary N) is 1. The summed E-state index contributed by atoms with van der Waals surface area (Å²) in [6, 6.07) is 12.3. The number of fused-ring (bicyclic) bond motifs is 1. The fourth-order valence-corrected chi connectivity index (χ4v) is 3.02. The molecule has 3 heteroatoms. The van der Waals surface area contributed by atoms with Gasteiger partial charge in [0, 0.05) is 5.69 Å². The SMILES string of the molecule is Cc1cc(C)cc(C(Cl)c2ccc3c(c2)CC(=O)N3)c1. The van der Waals surface area contributed by atoms with Crippen LogP contribution in [0.1, 0.15) is 33.2 Å². The quantitative estimate of drug-likeness (QED) is 0.826. The lowest BCUT2D eigenvalue weighted by Crippen LogP contribution is -2.03. The van der Waals surface area contributed by atoms with E-state index >= 15 is 0 Å². The highest BCUT2D eigenvalue weighted by Crippen LogP contribution is 2.33. The van der Waals surface area contributed by atoms with Crippen molar-refractivity contribution in [2.24, 2.45) is 0 Å². The van der Waals surface area contributed by atoms with Gasteiger partial charge in [-0.1, -0.05) is 41.5 Å². The predicted octanol–water partition coefficient (Wildman–Crippen LogP) is 4.13. The molecule has 1 heterocycles. The van der Waals surface area contributed by atoms with E-state index < -0.39 is 0 Å². The zero-order chi connectivity index (χ0) is 14.3. The second kappa shape index (κ2) is 4.95. The summed E-state index contributed by atoms with van der Waals surface area (Å²) >= 11 is 6.61. The number of carbonyl (C=O) groups is 1. The molecule has 2 aromatic rings. The van der Waals surface area contributed by atoms with Gasteiger partial charge < -0.3 is 5.32 Å². The van der Waals surface area contributed by atoms with Crippen LogP contribution in [0.2, 0.25) is 0 Å². The third-order valence-electron chi connectivity index (χ3n) is 3.58. The highest BCUT2D eigenvalue weighted by molar-refractivity contribution is 6.22. The Morgan fingerprint density at radius 3 is 2.45 bits per heavy atom. The van der Waals surface area contributed by atoms with E-state index in [1.807, 2.05) is 18.2 Å². The number of aryl methyl sites for hydroxylation is 2. The maximum Gasteiger partial charge on any atom is 0.228 e. The minimum absolute atomic E-state index is 0.0506. The molecule has 1 aliphatic heterocycles. The largest absolute Gasteiger partial charge is 0.326 e. The van der Waals surface area contributed by atoms with Crippen molar-refractivity contribution in [1.29, 1.82) is 0 Å². The smallest absolute Gasteiger partial charge is 0.228 e. The Morgan fingerprint density at radius 1 is 1.05 bits per heavy atom. The van der Waals surface area contributed by atoms with Gasteiger partial charge in [0.05, 0.1) is 11.8 Å². The summed E-state index contributed by atoms with van der Waals surface area (Å²) in [5.74, 6) is 0.0506. The molecule has 0 aliphatic carbocycles. The van der Waals surface area contributed by atoms with Crippen molar-refractivity contribution in [2.45, 2.75) is 25.6 Å². The summed E-state index contributed by atoms with van der Waals surface area (Å²) < 4.78 is 0. The van der Waals surface area contributed by atoms with Crippen LogP contribution in [-0.4, -0.2) is 5.91 Å². The zero-order valence-corrected chi connectivity index (χ0v) is 12.3. The molecule has 0 fully saturated rings. The number of alkyl halides is 1. The van der Waals surface area contributed by atoms with Gasteiger partial charge in [0.2, 0.25) is 5.91 Å². The van der Waals surface area contributed by atoms with Crippen molar-refractivity contribution in [3.63, 3.8) is 0 Å². The number of rotatable bonds is 2. The van der Waals surface area contributed by atoms with Gasteiger partial charge in [-0.15, -0.1) is 11.6 Å². The topological polar surface area (TPSA) is 29.1 Å². The lowest BCUT2D eigenvalue weighted by molar-refractivity contribution is -0.115. The van der Waals surface area contributed by atoms with Gasteiger partial charge in [-0.2, -0.15) is 0 Å². The summed E-state index contributed by atoms with van der Waals surface area (Å²) in [6.07, 6.45) is 0.444. The molecular formula is C17H16ClNO. The van der Waals surface area contributed by atoms with Crippen LogP contribution in [0.5, 0.6) is 0 Å². The van der Waals surface area contributed by atoms with E-state index in [-0.39, 0.29) is 11.3 Å². The summed E-state index contributed by atoms with van der Waals surface area (Å²) in [4.78, 5) is 11.4. The second-order valence-corrected chi connectivity index (χ2v) is 5.86. The Kier molecular flexibility index (Phi) is 3.27. The molecule has 1 aliphatic rings. The maximum absolute atomic E-state index is 11.4. The van der Waals surface area contributed by atoms with E-state index in [0.717, 1.165) is 22.4 Å². The molecule has 0 spiro atoms. The molecule has 1 N–H and O–H groups in total. The standard InChI is InChI=1S/C17H16ClNO/c1-10-5-11(2)7-14(6-10)17(18)12-3-4-15-13(8-12)9-16(20)19-15/h3-8,17H,9H2,1-2H3,(H,19,20). The first-order valence-corrected chi connectivity index (χ1v) is 7.11. The number of amides is 1. The van der Waals surface area contributed by atoms with Crippen molar-refractivity contribution in [1.82, 2.24) is 0 Å². The van der Waals surface area contributed by atoms with Gasteiger partial charge in [-0.05, 0) is 36.6 Å². The number of benzene rings is 2. The van der Waals surface area contributed by atoms with Crippen LogP contribution in [0.3, 0.4) is 0 Å². The van der Waals surface area contributed by atoms with Gasteiger partial charge in [-0.25, -0.2) is 0 Å². The van der Waals surface area contributed by atoms with Gasteiger partial charge in [-0.3, -0.25) is 4.79 Å². The molecular weight excluding hydrogens is 270 g/mol. The molecule has 20 heavy (non-hydrogen) atoms. The van der Waals surface area contributed by atoms with Crippen LogP contribution in [0.4, 0.5) is 5.69 Å². The van der Waals surface area contributed by atoms with E-state index in [0.29, 0.717) is 6.42 Å². The van der Waals surface area contributed by atoms with Crippen LogP contribution >= 0.6 is 11.6 Å². The minimum Gasteiger partial charge on any atom is -0.326 e. The Morgan fingerprint density at radius 2 is 1.75 bits per heavy atom. The average molecular weight is 286 g/mol. The third kappa shape index (κ3) is 2.44. The molecule has 1 unspecified atom stereocenters. The fraction of sp³-hybridized carbons (Fsp3) is 0.235. The molecule has 0 saturated heterocycles. The van der Waals surface area contributed by atoms with Crippen molar-refractivity contribution in [3.05, 3.63) is 64.2 Å². The zero-order valence-electron chi connectivity index (χ0n) is 11.5. The molecule has 1 amide bonds. The number of hydrogen-bond donors (Lipinski definition) is 1. The molecule has 0 bridgehead atoms. The van der Waals surface area contributed by atoms with Crippen LogP contribution < -0.4 is 5.32 Å². The van der Waals surface area contributed by atoms with E-state index in [9.17, 15) is 4.79 Å². The van der Waals surface area contributed by atoms with Crippen molar-refractivity contribution < 1.29 is 4.79 Å². The van der Waals surface area contributed by atoms with Gasteiger partial charge >= 0.3 is 0 Å². The van der Waals surface area contributed by atoms with E-state index in [1.165, 1.54) is 11.1 Å². The highest BCUT2D eigenvalue weighted by Gasteiger charge is 2.20. The van der Waals surface area contributed by atoms with Crippen LogP contribution in [0.25, 0.3) is 0 Å². The first-order chi connectivity index (χ1) is 9.52. The predicted molar refractivity (Wildman–Crippen MR) is 82.4 cm³/mol. The minimum atomic E-state index is -0.186. The number of hydrogen-bond acceptors (Lipinski definition) is 1. The van der Waals surface area contributed by atoms with Crippen molar-refractivity contribution >= 4 is 23.2 Å². The maximum atomic E-state index is 11.4. The summed E-state index contributed by atoms with van der Waals surface area (Å²) in [7, 11) is 0. The van der Waals surface area contributed by atoms with Gasteiger partial charge in [0.1, 0.15) is 0 Å². The molecule has 0 saturated carbocycles.